The van der Waals surface area contributed by atoms with E-state index < -0.39 is 0 Å². The second kappa shape index (κ2) is 5.05. The van der Waals surface area contributed by atoms with Crippen LogP contribution in [0.5, 0.6) is 0 Å². The predicted molar refractivity (Wildman–Crippen MR) is 81.2 cm³/mol. The molecule has 20 heavy (non-hydrogen) atoms. The number of nitrogens with two attached hydrogens (primary N) is 1. The summed E-state index contributed by atoms with van der Waals surface area (Å²) in [6.07, 6.45) is 5.18. The van der Waals surface area contributed by atoms with E-state index in [1.807, 2.05) is 6.20 Å². The summed E-state index contributed by atoms with van der Waals surface area (Å²) >= 11 is 1.34. The SMILES string of the molecule is CCOC(=O)c1sc2ncc3c(c2c1N)CC(C)CC3. The number of thiophene rings is 1. The quantitative estimate of drug-likeness (QED) is 0.863. The van der Waals surface area contributed by atoms with Crippen LogP contribution in [0.2, 0.25) is 0 Å². The Morgan fingerprint density at radius 1 is 1.60 bits per heavy atom. The zero-order chi connectivity index (χ0) is 14.3. The van der Waals surface area contributed by atoms with Gasteiger partial charge in [-0.1, -0.05) is 6.92 Å². The number of aryl methyl sites for hydroxylation is 1. The second-order valence-electron chi connectivity index (χ2n) is 5.36. The van der Waals surface area contributed by atoms with E-state index in [1.54, 1.807) is 6.92 Å². The van der Waals surface area contributed by atoms with Crippen molar-refractivity contribution in [2.75, 3.05) is 12.3 Å². The van der Waals surface area contributed by atoms with Gasteiger partial charge in [0.2, 0.25) is 0 Å². The van der Waals surface area contributed by atoms with Gasteiger partial charge in [0.1, 0.15) is 9.71 Å². The van der Waals surface area contributed by atoms with Crippen LogP contribution < -0.4 is 5.73 Å². The summed E-state index contributed by atoms with van der Waals surface area (Å²) in [6.45, 7) is 4.41. The number of hydrogen-bond acceptors (Lipinski definition) is 5. The number of ether oxygens (including phenoxy) is 1. The maximum Gasteiger partial charge on any atom is 0.350 e. The summed E-state index contributed by atoms with van der Waals surface area (Å²) in [4.78, 5) is 17.8. The fourth-order valence-corrected chi connectivity index (χ4v) is 3.83. The fourth-order valence-electron chi connectivity index (χ4n) is 2.84. The first-order chi connectivity index (χ1) is 9.61. The summed E-state index contributed by atoms with van der Waals surface area (Å²) in [5, 5.41) is 0.974. The molecular weight excluding hydrogens is 272 g/mol. The summed E-state index contributed by atoms with van der Waals surface area (Å²) in [7, 11) is 0. The molecule has 3 rings (SSSR count). The van der Waals surface area contributed by atoms with Crippen molar-refractivity contribution in [2.24, 2.45) is 5.92 Å². The Morgan fingerprint density at radius 3 is 3.15 bits per heavy atom. The molecule has 0 bridgehead atoms. The van der Waals surface area contributed by atoms with Gasteiger partial charge < -0.3 is 10.5 Å². The first-order valence-corrected chi connectivity index (χ1v) is 7.79. The molecule has 1 aliphatic carbocycles. The molecule has 0 saturated carbocycles. The molecule has 0 aliphatic heterocycles. The molecule has 1 unspecified atom stereocenters. The lowest BCUT2D eigenvalue weighted by molar-refractivity contribution is 0.0533. The Labute approximate surface area is 122 Å². The molecular formula is C15H18N2O2S. The topological polar surface area (TPSA) is 65.2 Å². The third kappa shape index (κ3) is 2.06. The van der Waals surface area contributed by atoms with Gasteiger partial charge in [-0.2, -0.15) is 0 Å². The van der Waals surface area contributed by atoms with Gasteiger partial charge in [-0.05, 0) is 43.2 Å². The minimum Gasteiger partial charge on any atom is -0.462 e. The third-order valence-electron chi connectivity index (χ3n) is 3.87. The van der Waals surface area contributed by atoms with Gasteiger partial charge in [-0.15, -0.1) is 11.3 Å². The van der Waals surface area contributed by atoms with Crippen LogP contribution in [-0.2, 0) is 17.6 Å². The van der Waals surface area contributed by atoms with Gasteiger partial charge in [-0.3, -0.25) is 0 Å². The lowest BCUT2D eigenvalue weighted by atomic mass is 9.84. The molecule has 5 heteroatoms. The molecule has 1 atom stereocenters. The first kappa shape index (κ1) is 13.4. The maximum absolute atomic E-state index is 11.9. The monoisotopic (exact) mass is 290 g/mol. The lowest BCUT2D eigenvalue weighted by Gasteiger charge is -2.21. The summed E-state index contributed by atoms with van der Waals surface area (Å²) in [5.74, 6) is 0.309. The predicted octanol–water partition coefficient (Wildman–Crippen LogP) is 3.18. The number of nitrogen functional groups attached to an aromatic ring is 1. The van der Waals surface area contributed by atoms with Crippen LogP contribution in [0, 0.1) is 5.92 Å². The molecule has 0 amide bonds. The van der Waals surface area contributed by atoms with Crippen molar-refractivity contribution in [3.63, 3.8) is 0 Å². The molecule has 2 aromatic rings. The van der Waals surface area contributed by atoms with E-state index in [1.165, 1.54) is 28.9 Å². The molecule has 2 heterocycles. The number of esters is 1. The number of carbonyl (C=O) groups excluding carboxylic acids is 1. The van der Waals surface area contributed by atoms with Crippen molar-refractivity contribution in [3.8, 4) is 0 Å². The van der Waals surface area contributed by atoms with Gasteiger partial charge in [0.25, 0.3) is 0 Å². The molecule has 0 radical (unpaired) electrons. The van der Waals surface area contributed by atoms with E-state index >= 15 is 0 Å². The number of hydrogen-bond donors (Lipinski definition) is 1. The minimum atomic E-state index is -0.342. The molecule has 0 spiro atoms. The summed E-state index contributed by atoms with van der Waals surface area (Å²) in [5.41, 5.74) is 9.30. The Balaban J connectivity index is 2.17. The number of carbonyl (C=O) groups is 1. The molecule has 2 aromatic heterocycles. The highest BCUT2D eigenvalue weighted by molar-refractivity contribution is 7.21. The van der Waals surface area contributed by atoms with E-state index in [2.05, 4.69) is 11.9 Å². The van der Waals surface area contributed by atoms with Gasteiger partial charge >= 0.3 is 5.97 Å². The van der Waals surface area contributed by atoms with Crippen molar-refractivity contribution >= 4 is 33.2 Å². The standard InChI is InChI=1S/C15H18N2O2S/c1-3-19-15(18)13-12(16)11-10-6-8(2)4-5-9(10)7-17-14(11)20-13/h7-8H,3-6,16H2,1-2H3. The van der Waals surface area contributed by atoms with Crippen LogP contribution in [0.15, 0.2) is 6.20 Å². The Kier molecular flexibility index (Phi) is 3.38. The number of nitrogens with zero attached hydrogens (tertiary/aromatic N) is 1. The Morgan fingerprint density at radius 2 is 2.40 bits per heavy atom. The molecule has 4 nitrogen and oxygen atoms in total. The molecule has 2 N–H and O–H groups in total. The van der Waals surface area contributed by atoms with Crippen molar-refractivity contribution in [2.45, 2.75) is 33.1 Å². The third-order valence-corrected chi connectivity index (χ3v) is 4.97. The first-order valence-electron chi connectivity index (χ1n) is 6.97. The summed E-state index contributed by atoms with van der Waals surface area (Å²) < 4.78 is 5.07. The van der Waals surface area contributed by atoms with Crippen molar-refractivity contribution in [1.82, 2.24) is 4.98 Å². The van der Waals surface area contributed by atoms with Crippen LogP contribution in [0.4, 0.5) is 5.69 Å². The average molecular weight is 290 g/mol. The number of aromatic nitrogens is 1. The largest absolute Gasteiger partial charge is 0.462 e. The highest BCUT2D eigenvalue weighted by atomic mass is 32.1. The van der Waals surface area contributed by atoms with Crippen LogP contribution in [0.1, 0.15) is 41.1 Å². The van der Waals surface area contributed by atoms with E-state index in [4.69, 9.17) is 10.5 Å². The second-order valence-corrected chi connectivity index (χ2v) is 6.35. The van der Waals surface area contributed by atoms with Gasteiger partial charge in [0.05, 0.1) is 12.3 Å². The van der Waals surface area contributed by atoms with E-state index in [-0.39, 0.29) is 5.97 Å². The van der Waals surface area contributed by atoms with E-state index in [0.29, 0.717) is 23.1 Å². The highest BCUT2D eigenvalue weighted by Crippen LogP contribution is 2.39. The molecule has 106 valence electrons. The zero-order valence-electron chi connectivity index (χ0n) is 11.7. The maximum atomic E-state index is 11.9. The number of fused-ring (bicyclic) bond motifs is 3. The number of rotatable bonds is 2. The molecule has 1 aliphatic rings. The lowest BCUT2D eigenvalue weighted by Crippen LogP contribution is -2.12. The Hall–Kier alpha value is -1.62. The fraction of sp³-hybridized carbons (Fsp3) is 0.467. The van der Waals surface area contributed by atoms with Crippen LogP contribution >= 0.6 is 11.3 Å². The minimum absolute atomic E-state index is 0.342. The van der Waals surface area contributed by atoms with E-state index in [0.717, 1.165) is 23.1 Å². The molecule has 0 aromatic carbocycles. The van der Waals surface area contributed by atoms with Gasteiger partial charge in [0, 0.05) is 11.6 Å². The van der Waals surface area contributed by atoms with Crippen molar-refractivity contribution in [1.29, 1.82) is 0 Å². The van der Waals surface area contributed by atoms with E-state index in [9.17, 15) is 4.79 Å². The average Bonchev–Trinajstić information content (AvgIpc) is 2.77. The normalized spacial score (nSPS) is 18.0. The Bertz CT molecular complexity index is 678. The van der Waals surface area contributed by atoms with Crippen molar-refractivity contribution < 1.29 is 9.53 Å². The molecule has 0 fully saturated rings. The highest BCUT2D eigenvalue weighted by Gasteiger charge is 2.24. The number of pyridine rings is 1. The number of anilines is 1. The van der Waals surface area contributed by atoms with Gasteiger partial charge in [0.15, 0.2) is 0 Å². The molecule has 0 saturated heterocycles. The van der Waals surface area contributed by atoms with Crippen LogP contribution in [0.3, 0.4) is 0 Å². The summed E-state index contributed by atoms with van der Waals surface area (Å²) in [6, 6.07) is 0. The van der Waals surface area contributed by atoms with Crippen LogP contribution in [-0.4, -0.2) is 17.6 Å². The van der Waals surface area contributed by atoms with Crippen molar-refractivity contribution in [3.05, 3.63) is 22.2 Å². The van der Waals surface area contributed by atoms with Gasteiger partial charge in [-0.25, -0.2) is 9.78 Å². The van der Waals surface area contributed by atoms with Crippen LogP contribution in [0.25, 0.3) is 10.2 Å². The smallest absolute Gasteiger partial charge is 0.350 e. The zero-order valence-corrected chi connectivity index (χ0v) is 12.5.